The molecule has 0 aliphatic carbocycles. The molecule has 6 nitrogen and oxygen atoms in total. The lowest BCUT2D eigenvalue weighted by Gasteiger charge is -2.09. The molecule has 19 heavy (non-hydrogen) atoms. The Morgan fingerprint density at radius 2 is 1.58 bits per heavy atom. The zero-order chi connectivity index (χ0) is 15.0. The van der Waals surface area contributed by atoms with Crippen LogP contribution in [0.2, 0.25) is 0 Å². The number of rotatable bonds is 6. The number of esters is 2. The Balaban J connectivity index is 5.64. The van der Waals surface area contributed by atoms with Crippen LogP contribution in [0, 0.1) is 0 Å². The number of hydrogen-bond acceptors (Lipinski definition) is 6. The van der Waals surface area contributed by atoms with E-state index in [0.717, 1.165) is 6.08 Å². The molecular formula is C13H18O6. The van der Waals surface area contributed by atoms with E-state index in [-0.39, 0.29) is 30.1 Å². The van der Waals surface area contributed by atoms with Gasteiger partial charge >= 0.3 is 11.9 Å². The molecule has 0 rings (SSSR count). The van der Waals surface area contributed by atoms with Crippen LogP contribution in [0.25, 0.3) is 0 Å². The van der Waals surface area contributed by atoms with Crippen molar-refractivity contribution < 1.29 is 29.0 Å². The normalized spacial score (nSPS) is 12.5. The zero-order valence-electron chi connectivity index (χ0n) is 11.5. The molecule has 0 bridgehead atoms. The predicted molar refractivity (Wildman–Crippen MR) is 67.4 cm³/mol. The quantitative estimate of drug-likeness (QED) is 0.340. The lowest BCUT2D eigenvalue weighted by molar-refractivity contribution is -0.140. The Bertz CT molecular complexity index is 426. The molecule has 106 valence electrons. The SMILES string of the molecule is CCOC(=O)/C=C(C(=O)OCC)/C(C(C)=O)=C(\C)O. The molecule has 0 aliphatic rings. The molecule has 0 saturated heterocycles. The lowest BCUT2D eigenvalue weighted by Crippen LogP contribution is -2.17. The van der Waals surface area contributed by atoms with E-state index in [1.165, 1.54) is 13.8 Å². The highest BCUT2D eigenvalue weighted by Gasteiger charge is 2.23. The standard InChI is InChI=1S/C13H18O6/c1-5-18-11(16)7-10(13(17)19-6-2)12(8(3)14)9(4)15/h7,14H,5-6H2,1-4H3/b10-7-,12-8+. The van der Waals surface area contributed by atoms with Gasteiger partial charge in [-0.2, -0.15) is 0 Å². The minimum absolute atomic E-state index is 0.0780. The highest BCUT2D eigenvalue weighted by Crippen LogP contribution is 2.17. The zero-order valence-corrected chi connectivity index (χ0v) is 11.5. The van der Waals surface area contributed by atoms with Gasteiger partial charge in [-0.15, -0.1) is 0 Å². The van der Waals surface area contributed by atoms with Crippen LogP contribution in [-0.2, 0) is 23.9 Å². The Labute approximate surface area is 111 Å². The monoisotopic (exact) mass is 270 g/mol. The van der Waals surface area contributed by atoms with Crippen LogP contribution in [0.3, 0.4) is 0 Å². The Hall–Kier alpha value is -2.11. The van der Waals surface area contributed by atoms with E-state index < -0.39 is 17.7 Å². The fourth-order valence-electron chi connectivity index (χ4n) is 1.38. The van der Waals surface area contributed by atoms with Crippen molar-refractivity contribution in [3.63, 3.8) is 0 Å². The average molecular weight is 270 g/mol. The molecule has 6 heteroatoms. The molecule has 1 N–H and O–H groups in total. The third-order valence-electron chi connectivity index (χ3n) is 2.03. The molecule has 0 aliphatic heterocycles. The van der Waals surface area contributed by atoms with Crippen LogP contribution in [-0.4, -0.2) is 36.0 Å². The van der Waals surface area contributed by atoms with Gasteiger partial charge < -0.3 is 14.6 Å². The maximum atomic E-state index is 11.7. The number of aliphatic hydroxyl groups is 1. The number of hydrogen-bond donors (Lipinski definition) is 1. The van der Waals surface area contributed by atoms with Crippen LogP contribution < -0.4 is 0 Å². The maximum absolute atomic E-state index is 11.7. The summed E-state index contributed by atoms with van der Waals surface area (Å²) in [5, 5.41) is 9.47. The smallest absolute Gasteiger partial charge is 0.339 e. The summed E-state index contributed by atoms with van der Waals surface area (Å²) in [5.74, 6) is -2.57. The van der Waals surface area contributed by atoms with Crippen LogP contribution in [0.1, 0.15) is 27.7 Å². The number of ketones is 1. The van der Waals surface area contributed by atoms with Crippen molar-refractivity contribution in [2.75, 3.05) is 13.2 Å². The molecule has 0 heterocycles. The summed E-state index contributed by atoms with van der Waals surface area (Å²) in [5.41, 5.74) is -0.570. The molecule has 0 aromatic carbocycles. The predicted octanol–water partition coefficient (Wildman–Crippen LogP) is 1.46. The van der Waals surface area contributed by atoms with Gasteiger partial charge in [-0.1, -0.05) is 0 Å². The summed E-state index contributed by atoms with van der Waals surface area (Å²) >= 11 is 0. The summed E-state index contributed by atoms with van der Waals surface area (Å²) in [7, 11) is 0. The molecule has 0 saturated carbocycles. The second-order valence-corrected chi connectivity index (χ2v) is 3.55. The topological polar surface area (TPSA) is 89.9 Å². The molecule has 0 aromatic heterocycles. The number of carbonyl (C=O) groups excluding carboxylic acids is 3. The van der Waals surface area contributed by atoms with Crippen molar-refractivity contribution in [1.29, 1.82) is 0 Å². The number of Topliss-reactive ketones (excluding diaryl/α,β-unsaturated/α-hetero) is 1. The van der Waals surface area contributed by atoms with Crippen molar-refractivity contribution >= 4 is 17.7 Å². The first-order chi connectivity index (χ1) is 8.84. The maximum Gasteiger partial charge on any atom is 0.339 e. The van der Waals surface area contributed by atoms with Gasteiger partial charge in [0.2, 0.25) is 0 Å². The summed E-state index contributed by atoms with van der Waals surface area (Å²) in [6.45, 7) is 5.82. The molecule has 0 radical (unpaired) electrons. The van der Waals surface area contributed by atoms with E-state index in [0.29, 0.717) is 0 Å². The average Bonchev–Trinajstić information content (AvgIpc) is 2.27. The van der Waals surface area contributed by atoms with Crippen molar-refractivity contribution in [2.45, 2.75) is 27.7 Å². The highest BCUT2D eigenvalue weighted by molar-refractivity contribution is 6.11. The lowest BCUT2D eigenvalue weighted by atomic mass is 10.0. The summed E-state index contributed by atoms with van der Waals surface area (Å²) in [6, 6.07) is 0. The number of ether oxygens (including phenoxy) is 2. The number of allylic oxidation sites excluding steroid dienone is 1. The molecule has 0 amide bonds. The fraction of sp³-hybridized carbons (Fsp3) is 0.462. The summed E-state index contributed by atoms with van der Waals surface area (Å²) < 4.78 is 9.42. The molecule has 0 atom stereocenters. The van der Waals surface area contributed by atoms with Gasteiger partial charge in [0.15, 0.2) is 5.78 Å². The van der Waals surface area contributed by atoms with Gasteiger partial charge in [0, 0.05) is 6.08 Å². The van der Waals surface area contributed by atoms with E-state index in [9.17, 15) is 19.5 Å². The van der Waals surface area contributed by atoms with Crippen molar-refractivity contribution in [3.05, 3.63) is 23.0 Å². The van der Waals surface area contributed by atoms with E-state index in [4.69, 9.17) is 4.74 Å². The Kier molecular flexibility index (Phi) is 7.18. The van der Waals surface area contributed by atoms with Gasteiger partial charge in [0.05, 0.1) is 24.4 Å². The second kappa shape index (κ2) is 8.07. The van der Waals surface area contributed by atoms with E-state index in [1.54, 1.807) is 13.8 Å². The van der Waals surface area contributed by atoms with Crippen LogP contribution in [0.5, 0.6) is 0 Å². The first kappa shape index (κ1) is 16.9. The summed E-state index contributed by atoms with van der Waals surface area (Å²) in [4.78, 5) is 34.6. The molecule has 0 unspecified atom stereocenters. The van der Waals surface area contributed by atoms with Gasteiger partial charge in [-0.3, -0.25) is 4.79 Å². The van der Waals surface area contributed by atoms with Gasteiger partial charge in [-0.05, 0) is 27.7 Å². The first-order valence-electron chi connectivity index (χ1n) is 5.81. The minimum atomic E-state index is -0.867. The van der Waals surface area contributed by atoms with Crippen molar-refractivity contribution in [3.8, 4) is 0 Å². The fourth-order valence-corrected chi connectivity index (χ4v) is 1.38. The molecular weight excluding hydrogens is 252 g/mol. The number of carbonyl (C=O) groups is 3. The molecule has 0 fully saturated rings. The van der Waals surface area contributed by atoms with Gasteiger partial charge in [0.25, 0.3) is 0 Å². The largest absolute Gasteiger partial charge is 0.512 e. The third-order valence-corrected chi connectivity index (χ3v) is 2.03. The summed E-state index contributed by atoms with van der Waals surface area (Å²) in [6.07, 6.45) is 0.845. The second-order valence-electron chi connectivity index (χ2n) is 3.55. The van der Waals surface area contributed by atoms with Crippen molar-refractivity contribution in [2.24, 2.45) is 0 Å². The van der Waals surface area contributed by atoms with Gasteiger partial charge in [-0.25, -0.2) is 9.59 Å². The van der Waals surface area contributed by atoms with E-state index in [1.807, 2.05) is 0 Å². The Morgan fingerprint density at radius 1 is 1.05 bits per heavy atom. The van der Waals surface area contributed by atoms with Crippen molar-refractivity contribution in [1.82, 2.24) is 0 Å². The van der Waals surface area contributed by atoms with E-state index >= 15 is 0 Å². The van der Waals surface area contributed by atoms with Crippen LogP contribution >= 0.6 is 0 Å². The van der Waals surface area contributed by atoms with Crippen LogP contribution in [0.15, 0.2) is 23.0 Å². The molecule has 0 spiro atoms. The third kappa shape index (κ3) is 5.37. The minimum Gasteiger partial charge on any atom is -0.512 e. The highest BCUT2D eigenvalue weighted by atomic mass is 16.5. The first-order valence-corrected chi connectivity index (χ1v) is 5.81. The Morgan fingerprint density at radius 3 is 1.95 bits per heavy atom. The van der Waals surface area contributed by atoms with Crippen LogP contribution in [0.4, 0.5) is 0 Å². The van der Waals surface area contributed by atoms with E-state index in [2.05, 4.69) is 4.74 Å². The van der Waals surface area contributed by atoms with Gasteiger partial charge in [0.1, 0.15) is 5.76 Å². The molecule has 0 aromatic rings. The number of aliphatic hydroxyl groups excluding tert-OH is 1.